The van der Waals surface area contributed by atoms with Gasteiger partial charge in [-0.25, -0.2) is 0 Å². The molecule has 4 nitrogen and oxygen atoms in total. The summed E-state index contributed by atoms with van der Waals surface area (Å²) in [6.07, 6.45) is 3.06. The van der Waals surface area contributed by atoms with Crippen LogP contribution in [0.5, 0.6) is 5.75 Å². The molecule has 2 atom stereocenters. The fourth-order valence-corrected chi connectivity index (χ4v) is 5.76. The van der Waals surface area contributed by atoms with Crippen molar-refractivity contribution in [3.05, 3.63) is 64.3 Å². The molecule has 0 fully saturated rings. The molecule has 1 N–H and O–H groups in total. The van der Waals surface area contributed by atoms with Crippen molar-refractivity contribution in [1.82, 2.24) is 9.47 Å². The number of hydrogen-bond donors (Lipinski definition) is 1. The first-order chi connectivity index (χ1) is 15.4. The molecular formula is C28H36N2O2. The maximum absolute atomic E-state index is 10.9. The number of rotatable bonds is 6. The van der Waals surface area contributed by atoms with E-state index in [0.717, 1.165) is 18.8 Å². The van der Waals surface area contributed by atoms with Crippen molar-refractivity contribution in [3.63, 3.8) is 0 Å². The SMILES string of the molecule is Cc1ccc(C(C)C)c(OC[C@H](O)CN2CCn3c4c(c5cc(C)ccc53)CCC[C@@H]42)c1. The van der Waals surface area contributed by atoms with Crippen molar-refractivity contribution in [3.8, 4) is 5.75 Å². The van der Waals surface area contributed by atoms with Crippen molar-refractivity contribution < 1.29 is 9.84 Å². The predicted molar refractivity (Wildman–Crippen MR) is 131 cm³/mol. The number of fused-ring (bicyclic) bond motifs is 3. The summed E-state index contributed by atoms with van der Waals surface area (Å²) < 4.78 is 8.69. The molecule has 3 aromatic rings. The third kappa shape index (κ3) is 3.84. The highest BCUT2D eigenvalue weighted by molar-refractivity contribution is 5.87. The van der Waals surface area contributed by atoms with Gasteiger partial charge in [0, 0.05) is 36.2 Å². The van der Waals surface area contributed by atoms with Crippen LogP contribution in [-0.4, -0.2) is 40.4 Å². The minimum absolute atomic E-state index is 0.335. The molecule has 5 rings (SSSR count). The molecule has 0 radical (unpaired) electrons. The number of β-amino-alcohol motifs (C(OH)–C–C–N with tert-alkyl or cyclic N) is 1. The molecule has 2 aliphatic rings. The van der Waals surface area contributed by atoms with E-state index < -0.39 is 6.10 Å². The van der Waals surface area contributed by atoms with E-state index in [9.17, 15) is 5.11 Å². The quantitative estimate of drug-likeness (QED) is 0.558. The molecule has 1 aliphatic heterocycles. The highest BCUT2D eigenvalue weighted by Crippen LogP contribution is 2.42. The molecule has 1 aromatic heterocycles. The molecule has 0 unspecified atom stereocenters. The van der Waals surface area contributed by atoms with E-state index in [1.807, 2.05) is 0 Å². The van der Waals surface area contributed by atoms with E-state index in [2.05, 4.69) is 73.6 Å². The molecule has 4 heteroatoms. The monoisotopic (exact) mass is 432 g/mol. The van der Waals surface area contributed by atoms with Gasteiger partial charge in [0.15, 0.2) is 0 Å². The molecule has 2 aromatic carbocycles. The van der Waals surface area contributed by atoms with Crippen LogP contribution < -0.4 is 4.74 Å². The smallest absolute Gasteiger partial charge is 0.123 e. The highest BCUT2D eigenvalue weighted by Gasteiger charge is 2.35. The number of aromatic nitrogens is 1. The minimum atomic E-state index is -0.501. The summed E-state index contributed by atoms with van der Waals surface area (Å²) in [4.78, 5) is 2.50. The first-order valence-electron chi connectivity index (χ1n) is 12.2. The maximum Gasteiger partial charge on any atom is 0.123 e. The van der Waals surface area contributed by atoms with Crippen LogP contribution in [0.25, 0.3) is 10.9 Å². The first-order valence-corrected chi connectivity index (χ1v) is 12.2. The highest BCUT2D eigenvalue weighted by atomic mass is 16.5. The lowest BCUT2D eigenvalue weighted by atomic mass is 9.89. The maximum atomic E-state index is 10.9. The average Bonchev–Trinajstić information content (AvgIpc) is 3.08. The summed E-state index contributed by atoms with van der Waals surface area (Å²) in [6, 6.07) is 13.7. The molecule has 0 amide bonds. The number of hydrogen-bond acceptors (Lipinski definition) is 3. The largest absolute Gasteiger partial charge is 0.491 e. The molecule has 0 saturated heterocycles. The second kappa shape index (κ2) is 8.57. The van der Waals surface area contributed by atoms with Crippen LogP contribution >= 0.6 is 0 Å². The van der Waals surface area contributed by atoms with E-state index in [1.165, 1.54) is 58.1 Å². The Morgan fingerprint density at radius 2 is 1.84 bits per heavy atom. The zero-order chi connectivity index (χ0) is 22.4. The van der Waals surface area contributed by atoms with Crippen LogP contribution in [0.4, 0.5) is 0 Å². The van der Waals surface area contributed by atoms with Crippen molar-refractivity contribution in [2.24, 2.45) is 0 Å². The summed E-state index contributed by atoms with van der Waals surface area (Å²) >= 11 is 0. The summed E-state index contributed by atoms with van der Waals surface area (Å²) in [7, 11) is 0. The van der Waals surface area contributed by atoms with Gasteiger partial charge in [-0.1, -0.05) is 37.6 Å². The van der Waals surface area contributed by atoms with Gasteiger partial charge in [-0.15, -0.1) is 0 Å². The number of ether oxygens (including phenoxy) is 1. The molecule has 0 spiro atoms. The molecule has 170 valence electrons. The third-order valence-electron chi connectivity index (χ3n) is 7.31. The van der Waals surface area contributed by atoms with Crippen LogP contribution in [0.1, 0.15) is 66.6 Å². The zero-order valence-electron chi connectivity index (χ0n) is 19.9. The van der Waals surface area contributed by atoms with Crippen molar-refractivity contribution in [2.45, 2.75) is 71.6 Å². The van der Waals surface area contributed by atoms with Gasteiger partial charge < -0.3 is 14.4 Å². The number of aliphatic hydroxyl groups is 1. The van der Waals surface area contributed by atoms with E-state index in [4.69, 9.17) is 4.74 Å². The van der Waals surface area contributed by atoms with E-state index in [-0.39, 0.29) is 0 Å². The third-order valence-corrected chi connectivity index (χ3v) is 7.31. The van der Waals surface area contributed by atoms with E-state index in [0.29, 0.717) is 25.1 Å². The van der Waals surface area contributed by atoms with Gasteiger partial charge in [-0.05, 0) is 73.9 Å². The summed E-state index contributed by atoms with van der Waals surface area (Å²) in [5, 5.41) is 12.4. The Hall–Kier alpha value is -2.30. The zero-order valence-corrected chi connectivity index (χ0v) is 19.9. The van der Waals surface area contributed by atoms with Gasteiger partial charge in [0.2, 0.25) is 0 Å². The van der Waals surface area contributed by atoms with Gasteiger partial charge >= 0.3 is 0 Å². The summed E-state index contributed by atoms with van der Waals surface area (Å²) in [5.74, 6) is 1.31. The van der Waals surface area contributed by atoms with Crippen LogP contribution in [-0.2, 0) is 13.0 Å². The second-order valence-corrected chi connectivity index (χ2v) is 10.1. The van der Waals surface area contributed by atoms with E-state index in [1.54, 1.807) is 0 Å². The predicted octanol–water partition coefficient (Wildman–Crippen LogP) is 5.51. The average molecular weight is 433 g/mol. The van der Waals surface area contributed by atoms with E-state index >= 15 is 0 Å². The Bertz CT molecular complexity index is 1130. The van der Waals surface area contributed by atoms with Crippen molar-refractivity contribution in [2.75, 3.05) is 19.7 Å². The van der Waals surface area contributed by atoms with Crippen LogP contribution in [0.2, 0.25) is 0 Å². The second-order valence-electron chi connectivity index (χ2n) is 10.1. The first kappa shape index (κ1) is 21.5. The lowest BCUT2D eigenvalue weighted by molar-refractivity contribution is 0.0372. The van der Waals surface area contributed by atoms with Gasteiger partial charge in [0.25, 0.3) is 0 Å². The Morgan fingerprint density at radius 3 is 2.66 bits per heavy atom. The van der Waals surface area contributed by atoms with Crippen LogP contribution in [0, 0.1) is 13.8 Å². The summed E-state index contributed by atoms with van der Waals surface area (Å²) in [6.45, 7) is 11.6. The topological polar surface area (TPSA) is 37.6 Å². The Labute approximate surface area is 191 Å². The van der Waals surface area contributed by atoms with Gasteiger partial charge in [-0.3, -0.25) is 4.90 Å². The fourth-order valence-electron chi connectivity index (χ4n) is 5.76. The fraction of sp³-hybridized carbons (Fsp3) is 0.500. The standard InChI is InChI=1S/C28H36N2O2/c1-18(2)22-10-8-20(4)15-27(22)32-17-21(31)16-29-12-13-30-25-11-9-19(3)14-24(25)23-6-5-7-26(29)28(23)30/h8-11,14-15,18,21,26,31H,5-7,12-13,16-17H2,1-4H3/t21-,26+/m1/s1. The van der Waals surface area contributed by atoms with Crippen LogP contribution in [0.15, 0.2) is 36.4 Å². The Balaban J connectivity index is 1.33. The minimum Gasteiger partial charge on any atom is -0.491 e. The Morgan fingerprint density at radius 1 is 1.06 bits per heavy atom. The number of nitrogens with zero attached hydrogens (tertiary/aromatic N) is 2. The molecule has 0 saturated carbocycles. The lowest BCUT2D eigenvalue weighted by Crippen LogP contribution is -2.44. The lowest BCUT2D eigenvalue weighted by Gasteiger charge is -2.40. The van der Waals surface area contributed by atoms with Crippen LogP contribution in [0.3, 0.4) is 0 Å². The number of aliphatic hydroxyl groups excluding tert-OH is 1. The van der Waals surface area contributed by atoms with Gasteiger partial charge in [-0.2, -0.15) is 0 Å². The van der Waals surface area contributed by atoms with Gasteiger partial charge in [0.05, 0.1) is 6.04 Å². The molecule has 1 aliphatic carbocycles. The van der Waals surface area contributed by atoms with Gasteiger partial charge in [0.1, 0.15) is 18.5 Å². The number of aryl methyl sites for hydroxylation is 3. The normalized spacial score (nSPS) is 19.4. The molecule has 2 heterocycles. The van der Waals surface area contributed by atoms with Crippen molar-refractivity contribution in [1.29, 1.82) is 0 Å². The molecule has 0 bridgehead atoms. The summed E-state index contributed by atoms with van der Waals surface area (Å²) in [5.41, 5.74) is 8.15. The van der Waals surface area contributed by atoms with Crippen molar-refractivity contribution >= 4 is 10.9 Å². The number of benzene rings is 2. The molecular weight excluding hydrogens is 396 g/mol. The Kier molecular flexibility index (Phi) is 5.77. The molecule has 32 heavy (non-hydrogen) atoms.